The summed E-state index contributed by atoms with van der Waals surface area (Å²) in [5, 5.41) is 2.65. The van der Waals surface area contributed by atoms with Gasteiger partial charge in [0.05, 0.1) is 0 Å². The number of aryl methyl sites for hydroxylation is 2. The highest BCUT2D eigenvalue weighted by atomic mass is 14.3. The molecule has 162 valence electrons. The van der Waals surface area contributed by atoms with Gasteiger partial charge in [0.15, 0.2) is 0 Å². The predicted molar refractivity (Wildman–Crippen MR) is 137 cm³/mol. The quantitative estimate of drug-likeness (QED) is 0.308. The molecule has 0 radical (unpaired) electrons. The van der Waals surface area contributed by atoms with Crippen molar-refractivity contribution in [3.05, 3.63) is 84.4 Å². The molecular weight excluding hydrogens is 372 g/mol. The van der Waals surface area contributed by atoms with E-state index in [9.17, 15) is 0 Å². The van der Waals surface area contributed by atoms with Crippen molar-refractivity contribution in [2.24, 2.45) is 11.8 Å². The first-order chi connectivity index (χ1) is 15.2. The van der Waals surface area contributed by atoms with Gasteiger partial charge < -0.3 is 0 Å². The van der Waals surface area contributed by atoms with Crippen LogP contribution in [0.4, 0.5) is 0 Å². The van der Waals surface area contributed by atoms with Crippen molar-refractivity contribution in [1.82, 2.24) is 0 Å². The van der Waals surface area contributed by atoms with Crippen LogP contribution in [-0.2, 0) is 12.8 Å². The van der Waals surface area contributed by atoms with Gasteiger partial charge in [-0.2, -0.15) is 0 Å². The average Bonchev–Trinajstić information content (AvgIpc) is 2.82. The topological polar surface area (TPSA) is 0 Å². The van der Waals surface area contributed by atoms with E-state index in [1.165, 1.54) is 84.4 Å². The van der Waals surface area contributed by atoms with Crippen LogP contribution in [-0.4, -0.2) is 0 Å². The second-order valence-electron chi connectivity index (χ2n) is 9.63. The Hall–Kier alpha value is -2.34. The van der Waals surface area contributed by atoms with Gasteiger partial charge in [0.25, 0.3) is 0 Å². The summed E-state index contributed by atoms with van der Waals surface area (Å²) >= 11 is 0. The van der Waals surface area contributed by atoms with Crippen LogP contribution < -0.4 is 0 Å². The third-order valence-corrected chi connectivity index (χ3v) is 7.33. The number of hydrogen-bond donors (Lipinski definition) is 0. The van der Waals surface area contributed by atoms with Crippen LogP contribution in [0.5, 0.6) is 0 Å². The zero-order valence-electron chi connectivity index (χ0n) is 19.3. The Morgan fingerprint density at radius 1 is 0.710 bits per heavy atom. The van der Waals surface area contributed by atoms with Crippen molar-refractivity contribution in [3.63, 3.8) is 0 Å². The minimum Gasteiger partial charge on any atom is -0.103 e. The van der Waals surface area contributed by atoms with Gasteiger partial charge in [0.2, 0.25) is 0 Å². The van der Waals surface area contributed by atoms with Crippen molar-refractivity contribution in [3.8, 4) is 11.1 Å². The van der Waals surface area contributed by atoms with Crippen LogP contribution >= 0.6 is 0 Å². The van der Waals surface area contributed by atoms with E-state index >= 15 is 0 Å². The van der Waals surface area contributed by atoms with Gasteiger partial charge in [-0.1, -0.05) is 106 Å². The Kier molecular flexibility index (Phi) is 7.62. The van der Waals surface area contributed by atoms with Gasteiger partial charge >= 0.3 is 0 Å². The fraction of sp³-hybridized carbons (Fsp3) is 0.419. The van der Waals surface area contributed by atoms with E-state index in [4.69, 9.17) is 0 Å². The molecule has 0 aliphatic heterocycles. The van der Waals surface area contributed by atoms with E-state index < -0.39 is 0 Å². The molecular formula is C31H38. The zero-order valence-corrected chi connectivity index (χ0v) is 19.3. The Balaban J connectivity index is 1.35. The third kappa shape index (κ3) is 5.88. The van der Waals surface area contributed by atoms with Crippen LogP contribution in [0, 0.1) is 11.8 Å². The van der Waals surface area contributed by atoms with Crippen LogP contribution in [0.1, 0.15) is 69.4 Å². The molecule has 0 N–H and O–H groups in total. The highest BCUT2D eigenvalue weighted by Gasteiger charge is 2.20. The molecule has 31 heavy (non-hydrogen) atoms. The van der Waals surface area contributed by atoms with Crippen LogP contribution in [0.2, 0.25) is 0 Å². The largest absolute Gasteiger partial charge is 0.103 e. The lowest BCUT2D eigenvalue weighted by Crippen LogP contribution is -2.15. The van der Waals surface area contributed by atoms with Crippen molar-refractivity contribution in [2.45, 2.75) is 71.1 Å². The first-order valence-corrected chi connectivity index (χ1v) is 12.5. The number of benzene rings is 3. The molecule has 0 spiro atoms. The molecule has 1 aliphatic carbocycles. The predicted octanol–water partition coefficient (Wildman–Crippen LogP) is 9.16. The average molecular weight is 411 g/mol. The van der Waals surface area contributed by atoms with Gasteiger partial charge in [-0.05, 0) is 76.6 Å². The molecule has 0 bridgehead atoms. The maximum Gasteiger partial charge on any atom is -0.0178 e. The Morgan fingerprint density at radius 2 is 1.32 bits per heavy atom. The molecule has 0 aromatic heterocycles. The maximum atomic E-state index is 3.83. The SMILES string of the molecule is C=CCCc1ccc2cc(-c3ccc(CCC4CCC(CCC)CC4)cc3)ccc2c1. The second kappa shape index (κ2) is 10.8. The molecule has 0 nitrogen and oxygen atoms in total. The Morgan fingerprint density at radius 3 is 2.03 bits per heavy atom. The Labute approximate surface area is 189 Å². The molecule has 3 aromatic carbocycles. The summed E-state index contributed by atoms with van der Waals surface area (Å²) < 4.78 is 0. The molecule has 1 saturated carbocycles. The fourth-order valence-electron chi connectivity index (χ4n) is 5.35. The summed E-state index contributed by atoms with van der Waals surface area (Å²) in [6.07, 6.45) is 15.3. The van der Waals surface area contributed by atoms with Gasteiger partial charge in [0.1, 0.15) is 0 Å². The molecule has 0 heterocycles. The van der Waals surface area contributed by atoms with Gasteiger partial charge in [-0.25, -0.2) is 0 Å². The smallest absolute Gasteiger partial charge is 0.0178 e. The monoisotopic (exact) mass is 410 g/mol. The summed E-state index contributed by atoms with van der Waals surface area (Å²) in [6, 6.07) is 23.0. The molecule has 0 unspecified atom stereocenters. The van der Waals surface area contributed by atoms with E-state index in [2.05, 4.69) is 74.2 Å². The maximum absolute atomic E-state index is 3.83. The van der Waals surface area contributed by atoms with Crippen molar-refractivity contribution >= 4 is 10.8 Å². The van der Waals surface area contributed by atoms with E-state index in [1.807, 2.05) is 6.08 Å². The first kappa shape index (κ1) is 21.9. The van der Waals surface area contributed by atoms with E-state index in [0.717, 1.165) is 24.7 Å². The first-order valence-electron chi connectivity index (χ1n) is 12.5. The number of hydrogen-bond acceptors (Lipinski definition) is 0. The highest BCUT2D eigenvalue weighted by molar-refractivity contribution is 5.87. The van der Waals surface area contributed by atoms with E-state index in [-0.39, 0.29) is 0 Å². The minimum absolute atomic E-state index is 0.949. The highest BCUT2D eigenvalue weighted by Crippen LogP contribution is 2.34. The normalized spacial score (nSPS) is 18.9. The van der Waals surface area contributed by atoms with Crippen LogP contribution in [0.25, 0.3) is 21.9 Å². The van der Waals surface area contributed by atoms with Gasteiger partial charge in [0, 0.05) is 0 Å². The molecule has 3 aromatic rings. The molecule has 0 atom stereocenters. The van der Waals surface area contributed by atoms with Gasteiger partial charge in [-0.15, -0.1) is 6.58 Å². The molecule has 4 rings (SSSR count). The molecule has 1 fully saturated rings. The Bertz CT molecular complexity index is 971. The lowest BCUT2D eigenvalue weighted by molar-refractivity contribution is 0.252. The van der Waals surface area contributed by atoms with Crippen molar-refractivity contribution < 1.29 is 0 Å². The summed E-state index contributed by atoms with van der Waals surface area (Å²) in [6.45, 7) is 6.16. The zero-order chi connectivity index (χ0) is 21.5. The minimum atomic E-state index is 0.949. The fourth-order valence-corrected chi connectivity index (χ4v) is 5.35. The summed E-state index contributed by atoms with van der Waals surface area (Å²) in [5.74, 6) is 1.96. The molecule has 0 amide bonds. The number of allylic oxidation sites excluding steroid dienone is 1. The van der Waals surface area contributed by atoms with Gasteiger partial charge in [-0.3, -0.25) is 0 Å². The molecule has 0 saturated heterocycles. The van der Waals surface area contributed by atoms with Crippen molar-refractivity contribution in [2.75, 3.05) is 0 Å². The van der Waals surface area contributed by atoms with Crippen molar-refractivity contribution in [1.29, 1.82) is 0 Å². The summed E-state index contributed by atoms with van der Waals surface area (Å²) in [7, 11) is 0. The second-order valence-corrected chi connectivity index (χ2v) is 9.63. The number of rotatable bonds is 9. The lowest BCUT2D eigenvalue weighted by Gasteiger charge is -2.28. The third-order valence-electron chi connectivity index (χ3n) is 7.33. The number of fused-ring (bicyclic) bond motifs is 1. The van der Waals surface area contributed by atoms with Crippen LogP contribution in [0.15, 0.2) is 73.3 Å². The van der Waals surface area contributed by atoms with E-state index in [1.54, 1.807) is 0 Å². The standard InChI is InChI=1S/C31H38/c1-3-5-7-27-16-19-31-23-30(21-20-29(31)22-27)28-17-14-26(15-18-28)13-12-25-10-8-24(6-4-2)9-11-25/h3,14-25H,1,4-13H2,2H3. The lowest BCUT2D eigenvalue weighted by atomic mass is 9.78. The van der Waals surface area contributed by atoms with Crippen LogP contribution in [0.3, 0.4) is 0 Å². The summed E-state index contributed by atoms with van der Waals surface area (Å²) in [5.41, 5.74) is 5.52. The summed E-state index contributed by atoms with van der Waals surface area (Å²) in [4.78, 5) is 0. The molecule has 0 heteroatoms. The van der Waals surface area contributed by atoms with E-state index in [0.29, 0.717) is 0 Å². The molecule has 1 aliphatic rings.